The van der Waals surface area contributed by atoms with Crippen LogP contribution in [-0.2, 0) is 23.8 Å². The lowest BCUT2D eigenvalue weighted by atomic mass is 10.0. The fraction of sp³-hybridized carbons (Fsp3) is 0.898. The molecule has 0 aliphatic heterocycles. The number of ether oxygens (including phenoxy) is 3. The number of unbranched alkanes of at least 4 members (excludes halogenated alkanes) is 39. The van der Waals surface area contributed by atoms with Gasteiger partial charge in [0, 0.05) is 19.4 Å². The first-order valence-corrected chi connectivity index (χ1v) is 28.9. The normalized spacial score (nSPS) is 12.2. The van der Waals surface area contributed by atoms with Gasteiger partial charge in [0.05, 0.1) is 6.61 Å². The third kappa shape index (κ3) is 53.0. The third-order valence-electron chi connectivity index (χ3n) is 13.0. The van der Waals surface area contributed by atoms with Crippen LogP contribution in [0.15, 0.2) is 24.3 Å². The summed E-state index contributed by atoms with van der Waals surface area (Å²) in [4.78, 5) is 25.5. The summed E-state index contributed by atoms with van der Waals surface area (Å²) < 4.78 is 17.5. The van der Waals surface area contributed by atoms with Gasteiger partial charge in [0.15, 0.2) is 6.10 Å². The molecule has 0 spiro atoms. The maximum Gasteiger partial charge on any atom is 0.306 e. The summed E-state index contributed by atoms with van der Waals surface area (Å²) >= 11 is 0. The second-order valence-corrected chi connectivity index (χ2v) is 19.5. The molecule has 0 bridgehead atoms. The van der Waals surface area contributed by atoms with E-state index >= 15 is 0 Å². The van der Waals surface area contributed by atoms with Crippen molar-refractivity contribution in [3.63, 3.8) is 0 Å². The number of hydrogen-bond donors (Lipinski definition) is 0. The van der Waals surface area contributed by atoms with Crippen molar-refractivity contribution in [2.75, 3.05) is 19.8 Å². The summed E-state index contributed by atoms with van der Waals surface area (Å²) in [7, 11) is 0. The second kappa shape index (κ2) is 55.7. The number of hydrogen-bond acceptors (Lipinski definition) is 5. The van der Waals surface area contributed by atoms with Crippen LogP contribution in [0.1, 0.15) is 316 Å². The summed E-state index contributed by atoms with van der Waals surface area (Å²) in [6.07, 6.45) is 66.2. The molecule has 0 rings (SSSR count). The predicted octanol–water partition coefficient (Wildman–Crippen LogP) is 19.6. The maximum absolute atomic E-state index is 12.9. The highest BCUT2D eigenvalue weighted by Gasteiger charge is 2.17. The number of allylic oxidation sites excluding steroid dienone is 4. The van der Waals surface area contributed by atoms with Crippen molar-refractivity contribution >= 4 is 11.9 Å². The van der Waals surface area contributed by atoms with E-state index in [0.29, 0.717) is 26.1 Å². The van der Waals surface area contributed by atoms with Gasteiger partial charge in [-0.25, -0.2) is 0 Å². The Morgan fingerprint density at radius 3 is 0.969 bits per heavy atom. The molecule has 0 aliphatic rings. The number of carbonyl (C=O) groups is 2. The topological polar surface area (TPSA) is 61.8 Å². The standard InChI is InChI=1S/C59H112O5/c1-4-7-10-13-16-19-22-25-27-29-30-31-32-35-38-41-44-47-50-53-59(61)64-57(56-63-58(60)52-49-46-43-40-37-34-24-21-18-15-12-9-6-3)55-62-54-51-48-45-42-39-36-33-28-26-23-20-17-14-11-8-5-2/h21,24-25,27,57H,4-20,22-23,26,28-56H2,1-3H3/b24-21-,27-25-/t57-/m1/s1. The van der Waals surface area contributed by atoms with E-state index in [1.807, 2.05) is 0 Å². The minimum atomic E-state index is -0.534. The van der Waals surface area contributed by atoms with Crippen LogP contribution in [0, 0.1) is 0 Å². The van der Waals surface area contributed by atoms with Crippen LogP contribution >= 0.6 is 0 Å². The fourth-order valence-electron chi connectivity index (χ4n) is 8.62. The van der Waals surface area contributed by atoms with Crippen LogP contribution in [0.5, 0.6) is 0 Å². The van der Waals surface area contributed by atoms with Gasteiger partial charge in [0.1, 0.15) is 6.61 Å². The molecule has 0 amide bonds. The molecule has 0 aromatic carbocycles. The van der Waals surface area contributed by atoms with Crippen molar-refractivity contribution in [3.05, 3.63) is 24.3 Å². The van der Waals surface area contributed by atoms with Crippen LogP contribution in [-0.4, -0.2) is 37.9 Å². The van der Waals surface area contributed by atoms with E-state index in [1.54, 1.807) is 0 Å². The largest absolute Gasteiger partial charge is 0.462 e. The monoisotopic (exact) mass is 901 g/mol. The van der Waals surface area contributed by atoms with Gasteiger partial charge in [-0.1, -0.05) is 257 Å². The van der Waals surface area contributed by atoms with Gasteiger partial charge in [-0.2, -0.15) is 0 Å². The SMILES string of the molecule is CCCCCC/C=C\CCCCCCCC(=O)OC[C@@H](COCCCCCCCCCCCCCCCCCC)OC(=O)CCCCCCCCCCC/C=C\CCCCCCCC. The van der Waals surface area contributed by atoms with Crippen LogP contribution in [0.25, 0.3) is 0 Å². The first-order chi connectivity index (χ1) is 31.6. The molecule has 5 nitrogen and oxygen atoms in total. The molecule has 0 saturated heterocycles. The molecule has 0 aliphatic carbocycles. The summed E-state index contributed by atoms with van der Waals surface area (Å²) in [6.45, 7) is 7.87. The van der Waals surface area contributed by atoms with Crippen molar-refractivity contribution in [1.82, 2.24) is 0 Å². The molecule has 378 valence electrons. The maximum atomic E-state index is 12.9. The summed E-state index contributed by atoms with van der Waals surface area (Å²) in [5.74, 6) is -0.389. The summed E-state index contributed by atoms with van der Waals surface area (Å²) in [5, 5.41) is 0. The Hall–Kier alpha value is -1.62. The summed E-state index contributed by atoms with van der Waals surface area (Å²) in [5.41, 5.74) is 0. The molecule has 1 atom stereocenters. The lowest BCUT2D eigenvalue weighted by Gasteiger charge is -2.18. The van der Waals surface area contributed by atoms with E-state index in [0.717, 1.165) is 44.9 Å². The van der Waals surface area contributed by atoms with Crippen LogP contribution in [0.2, 0.25) is 0 Å². The van der Waals surface area contributed by atoms with Gasteiger partial charge in [0.25, 0.3) is 0 Å². The predicted molar refractivity (Wildman–Crippen MR) is 279 cm³/mol. The Kier molecular flexibility index (Phi) is 54.3. The van der Waals surface area contributed by atoms with Crippen LogP contribution in [0.3, 0.4) is 0 Å². The average Bonchev–Trinajstić information content (AvgIpc) is 3.30. The molecule has 0 aromatic heterocycles. The smallest absolute Gasteiger partial charge is 0.306 e. The van der Waals surface area contributed by atoms with Crippen LogP contribution < -0.4 is 0 Å². The van der Waals surface area contributed by atoms with Gasteiger partial charge in [0.2, 0.25) is 0 Å². The lowest BCUT2D eigenvalue weighted by Crippen LogP contribution is -2.30. The number of esters is 2. The quantitative estimate of drug-likeness (QED) is 0.0346. The summed E-state index contributed by atoms with van der Waals surface area (Å²) in [6, 6.07) is 0. The molecular formula is C59H112O5. The molecule has 0 fully saturated rings. The molecule has 64 heavy (non-hydrogen) atoms. The highest BCUT2D eigenvalue weighted by Crippen LogP contribution is 2.16. The molecule has 5 heteroatoms. The van der Waals surface area contributed by atoms with Crippen molar-refractivity contribution < 1.29 is 23.8 Å². The van der Waals surface area contributed by atoms with Crippen molar-refractivity contribution in [2.45, 2.75) is 322 Å². The van der Waals surface area contributed by atoms with Crippen LogP contribution in [0.4, 0.5) is 0 Å². The van der Waals surface area contributed by atoms with E-state index in [1.165, 1.54) is 238 Å². The fourth-order valence-corrected chi connectivity index (χ4v) is 8.62. The molecule has 0 unspecified atom stereocenters. The van der Waals surface area contributed by atoms with Gasteiger partial charge in [-0.15, -0.1) is 0 Å². The Morgan fingerprint density at radius 1 is 0.328 bits per heavy atom. The van der Waals surface area contributed by atoms with E-state index < -0.39 is 6.10 Å². The zero-order valence-corrected chi connectivity index (χ0v) is 43.6. The first kappa shape index (κ1) is 62.4. The van der Waals surface area contributed by atoms with Crippen molar-refractivity contribution in [1.29, 1.82) is 0 Å². The Morgan fingerprint density at radius 2 is 0.609 bits per heavy atom. The van der Waals surface area contributed by atoms with Gasteiger partial charge >= 0.3 is 11.9 Å². The molecule has 0 saturated carbocycles. The molecule has 0 heterocycles. The number of carbonyl (C=O) groups excluding carboxylic acids is 2. The van der Waals surface area contributed by atoms with E-state index in [-0.39, 0.29) is 18.5 Å². The number of rotatable bonds is 54. The highest BCUT2D eigenvalue weighted by atomic mass is 16.6. The average molecular weight is 902 g/mol. The van der Waals surface area contributed by atoms with Crippen molar-refractivity contribution in [2.24, 2.45) is 0 Å². The Balaban J connectivity index is 4.21. The lowest BCUT2D eigenvalue weighted by molar-refractivity contribution is -0.163. The van der Waals surface area contributed by atoms with Gasteiger partial charge < -0.3 is 14.2 Å². The third-order valence-corrected chi connectivity index (χ3v) is 13.0. The first-order valence-electron chi connectivity index (χ1n) is 28.9. The molecular weight excluding hydrogens is 789 g/mol. The van der Waals surface area contributed by atoms with Gasteiger partial charge in [-0.05, 0) is 70.6 Å². The minimum Gasteiger partial charge on any atom is -0.462 e. The molecule has 0 N–H and O–H groups in total. The minimum absolute atomic E-state index is 0.0871. The second-order valence-electron chi connectivity index (χ2n) is 19.5. The highest BCUT2D eigenvalue weighted by molar-refractivity contribution is 5.70. The zero-order valence-electron chi connectivity index (χ0n) is 43.6. The zero-order chi connectivity index (χ0) is 46.3. The van der Waals surface area contributed by atoms with E-state index in [2.05, 4.69) is 45.1 Å². The Bertz CT molecular complexity index is 974. The molecule has 0 aromatic rings. The Labute approximate surface area is 400 Å². The van der Waals surface area contributed by atoms with E-state index in [9.17, 15) is 9.59 Å². The van der Waals surface area contributed by atoms with E-state index in [4.69, 9.17) is 14.2 Å². The molecule has 0 radical (unpaired) electrons. The van der Waals surface area contributed by atoms with Gasteiger partial charge in [-0.3, -0.25) is 9.59 Å². The van der Waals surface area contributed by atoms with Crippen molar-refractivity contribution in [3.8, 4) is 0 Å².